The second-order valence-corrected chi connectivity index (χ2v) is 6.06. The van der Waals surface area contributed by atoms with Crippen molar-refractivity contribution in [3.8, 4) is 11.4 Å². The maximum atomic E-state index is 12.5. The Bertz CT molecular complexity index is 871. The maximum absolute atomic E-state index is 12.5. The predicted octanol–water partition coefficient (Wildman–Crippen LogP) is 4.33. The summed E-state index contributed by atoms with van der Waals surface area (Å²) >= 11 is 0. The Labute approximate surface area is 142 Å². The molecule has 1 amide bonds. The van der Waals surface area contributed by atoms with Crippen molar-refractivity contribution in [3.05, 3.63) is 53.1 Å². The molecule has 0 unspecified atom stereocenters. The maximum Gasteiger partial charge on any atom is 0.253 e. The molecule has 1 heterocycles. The molecule has 3 aromatic rings. The Kier molecular flexibility index (Phi) is 4.38. The number of imidazole rings is 1. The van der Waals surface area contributed by atoms with E-state index in [1.54, 1.807) is 0 Å². The van der Waals surface area contributed by atoms with Crippen LogP contribution in [-0.2, 0) is 0 Å². The molecule has 0 saturated heterocycles. The lowest BCUT2D eigenvalue weighted by Crippen LogP contribution is -2.30. The van der Waals surface area contributed by atoms with Gasteiger partial charge in [-0.25, -0.2) is 4.98 Å². The molecule has 1 N–H and O–H groups in total. The molecule has 4 nitrogen and oxygen atoms in total. The van der Waals surface area contributed by atoms with Crippen LogP contribution in [0.2, 0.25) is 0 Å². The number of nitrogens with zero attached hydrogens (tertiary/aromatic N) is 2. The summed E-state index contributed by atoms with van der Waals surface area (Å²) < 4.78 is 0. The van der Waals surface area contributed by atoms with Crippen LogP contribution in [0.15, 0.2) is 36.4 Å². The number of aromatic nitrogens is 2. The number of hydrogen-bond donors (Lipinski definition) is 1. The van der Waals surface area contributed by atoms with E-state index in [1.165, 1.54) is 11.1 Å². The van der Waals surface area contributed by atoms with Crippen LogP contribution in [0.4, 0.5) is 0 Å². The highest BCUT2D eigenvalue weighted by Crippen LogP contribution is 2.27. The van der Waals surface area contributed by atoms with Crippen molar-refractivity contribution in [2.75, 3.05) is 13.1 Å². The Morgan fingerprint density at radius 1 is 1.08 bits per heavy atom. The molecule has 1 aromatic heterocycles. The normalized spacial score (nSPS) is 11.0. The minimum Gasteiger partial charge on any atom is -0.339 e. The second-order valence-electron chi connectivity index (χ2n) is 6.06. The minimum atomic E-state index is 0.0603. The molecule has 4 heteroatoms. The Hall–Kier alpha value is -2.62. The standard InChI is InChI=1S/C20H23N3O/c1-5-23(6-2)20(24)15-10-11-16-17(12-15)22-19(21-16)18-13(3)8-7-9-14(18)4/h7-12H,5-6H2,1-4H3,(H,21,22). The first kappa shape index (κ1) is 16.2. The number of benzene rings is 2. The number of hydrogen-bond acceptors (Lipinski definition) is 2. The van der Waals surface area contributed by atoms with Crippen LogP contribution in [-0.4, -0.2) is 33.9 Å². The van der Waals surface area contributed by atoms with Gasteiger partial charge in [0.1, 0.15) is 5.82 Å². The molecule has 0 aliphatic carbocycles. The van der Waals surface area contributed by atoms with Gasteiger partial charge in [0.2, 0.25) is 0 Å². The number of nitrogens with one attached hydrogen (secondary N) is 1. The lowest BCUT2D eigenvalue weighted by atomic mass is 10.0. The van der Waals surface area contributed by atoms with E-state index in [4.69, 9.17) is 4.98 Å². The van der Waals surface area contributed by atoms with E-state index in [0.717, 1.165) is 22.4 Å². The molecule has 0 aliphatic rings. The van der Waals surface area contributed by atoms with Gasteiger partial charge < -0.3 is 9.88 Å². The fourth-order valence-electron chi connectivity index (χ4n) is 3.14. The monoisotopic (exact) mass is 321 g/mol. The largest absolute Gasteiger partial charge is 0.339 e. The number of rotatable bonds is 4. The summed E-state index contributed by atoms with van der Waals surface area (Å²) in [5, 5.41) is 0. The van der Waals surface area contributed by atoms with Gasteiger partial charge in [0.15, 0.2) is 0 Å². The van der Waals surface area contributed by atoms with Gasteiger partial charge in [-0.05, 0) is 57.0 Å². The number of carbonyl (C=O) groups excluding carboxylic acids is 1. The lowest BCUT2D eigenvalue weighted by molar-refractivity contribution is 0.0773. The van der Waals surface area contributed by atoms with E-state index in [1.807, 2.05) is 36.9 Å². The third-order valence-electron chi connectivity index (χ3n) is 4.50. The number of carbonyl (C=O) groups is 1. The summed E-state index contributed by atoms with van der Waals surface area (Å²) in [6.07, 6.45) is 0. The molecule has 0 bridgehead atoms. The fraction of sp³-hybridized carbons (Fsp3) is 0.300. The van der Waals surface area contributed by atoms with Gasteiger partial charge in [0.25, 0.3) is 5.91 Å². The van der Waals surface area contributed by atoms with Crippen molar-refractivity contribution in [3.63, 3.8) is 0 Å². The van der Waals surface area contributed by atoms with Crippen LogP contribution >= 0.6 is 0 Å². The van der Waals surface area contributed by atoms with Crippen molar-refractivity contribution in [1.29, 1.82) is 0 Å². The van der Waals surface area contributed by atoms with Crippen molar-refractivity contribution >= 4 is 16.9 Å². The van der Waals surface area contributed by atoms with Gasteiger partial charge in [-0.2, -0.15) is 0 Å². The van der Waals surface area contributed by atoms with Gasteiger partial charge in [0, 0.05) is 24.2 Å². The third kappa shape index (κ3) is 2.80. The van der Waals surface area contributed by atoms with E-state index >= 15 is 0 Å². The van der Waals surface area contributed by atoms with E-state index < -0.39 is 0 Å². The van der Waals surface area contributed by atoms with Gasteiger partial charge in [-0.3, -0.25) is 4.79 Å². The molecule has 0 spiro atoms. The van der Waals surface area contributed by atoms with Crippen LogP contribution in [0.5, 0.6) is 0 Å². The van der Waals surface area contributed by atoms with E-state index in [-0.39, 0.29) is 5.91 Å². The molecule has 0 radical (unpaired) electrons. The first-order valence-corrected chi connectivity index (χ1v) is 8.40. The molecule has 0 aliphatic heterocycles. The van der Waals surface area contributed by atoms with Crippen LogP contribution in [0.1, 0.15) is 35.3 Å². The number of amides is 1. The molecule has 2 aromatic carbocycles. The van der Waals surface area contributed by atoms with Crippen molar-refractivity contribution in [2.24, 2.45) is 0 Å². The fourth-order valence-corrected chi connectivity index (χ4v) is 3.14. The zero-order valence-electron chi connectivity index (χ0n) is 14.7. The van der Waals surface area contributed by atoms with Crippen LogP contribution in [0, 0.1) is 13.8 Å². The second kappa shape index (κ2) is 6.48. The number of H-pyrrole nitrogens is 1. The Morgan fingerprint density at radius 2 is 1.75 bits per heavy atom. The smallest absolute Gasteiger partial charge is 0.253 e. The summed E-state index contributed by atoms with van der Waals surface area (Å²) in [4.78, 5) is 22.4. The van der Waals surface area contributed by atoms with Crippen LogP contribution in [0.3, 0.4) is 0 Å². The van der Waals surface area contributed by atoms with Gasteiger partial charge in [-0.15, -0.1) is 0 Å². The van der Waals surface area contributed by atoms with Crippen molar-refractivity contribution in [1.82, 2.24) is 14.9 Å². The highest BCUT2D eigenvalue weighted by Gasteiger charge is 2.15. The Balaban J connectivity index is 2.05. The molecule has 0 fully saturated rings. The highest BCUT2D eigenvalue weighted by atomic mass is 16.2. The number of fused-ring (bicyclic) bond motifs is 1. The van der Waals surface area contributed by atoms with Crippen LogP contribution in [0.25, 0.3) is 22.4 Å². The molecule has 24 heavy (non-hydrogen) atoms. The Morgan fingerprint density at radius 3 is 2.38 bits per heavy atom. The molecule has 3 rings (SSSR count). The zero-order chi connectivity index (χ0) is 17.3. The van der Waals surface area contributed by atoms with E-state index in [2.05, 4.69) is 37.0 Å². The summed E-state index contributed by atoms with van der Waals surface area (Å²) in [7, 11) is 0. The van der Waals surface area contributed by atoms with Gasteiger partial charge >= 0.3 is 0 Å². The van der Waals surface area contributed by atoms with E-state index in [0.29, 0.717) is 18.7 Å². The number of aryl methyl sites for hydroxylation is 2. The highest BCUT2D eigenvalue weighted by molar-refractivity contribution is 5.97. The predicted molar refractivity (Wildman–Crippen MR) is 98.3 cm³/mol. The molecule has 0 atom stereocenters. The SMILES string of the molecule is CCN(CC)C(=O)c1ccc2nc(-c3c(C)cccc3C)[nH]c2c1. The topological polar surface area (TPSA) is 49.0 Å². The average molecular weight is 321 g/mol. The first-order chi connectivity index (χ1) is 11.5. The first-order valence-electron chi connectivity index (χ1n) is 8.40. The summed E-state index contributed by atoms with van der Waals surface area (Å²) in [6, 6.07) is 11.9. The zero-order valence-corrected chi connectivity index (χ0v) is 14.7. The minimum absolute atomic E-state index is 0.0603. The molecular weight excluding hydrogens is 298 g/mol. The summed E-state index contributed by atoms with van der Waals surface area (Å²) in [5.74, 6) is 0.915. The van der Waals surface area contributed by atoms with E-state index in [9.17, 15) is 4.79 Å². The molecule has 0 saturated carbocycles. The summed E-state index contributed by atoms with van der Waals surface area (Å²) in [5.41, 5.74) is 5.98. The average Bonchev–Trinajstić information content (AvgIpc) is 2.98. The van der Waals surface area contributed by atoms with Gasteiger partial charge in [-0.1, -0.05) is 18.2 Å². The lowest BCUT2D eigenvalue weighted by Gasteiger charge is -2.18. The van der Waals surface area contributed by atoms with Crippen LogP contribution < -0.4 is 0 Å². The summed E-state index contributed by atoms with van der Waals surface area (Å²) in [6.45, 7) is 9.59. The number of aromatic amines is 1. The van der Waals surface area contributed by atoms with Gasteiger partial charge in [0.05, 0.1) is 11.0 Å². The van der Waals surface area contributed by atoms with Crippen molar-refractivity contribution < 1.29 is 4.79 Å². The van der Waals surface area contributed by atoms with Crippen molar-refractivity contribution in [2.45, 2.75) is 27.7 Å². The molecular formula is C20H23N3O. The third-order valence-corrected chi connectivity index (χ3v) is 4.50. The molecule has 124 valence electrons. The quantitative estimate of drug-likeness (QED) is 0.777.